The normalized spacial score (nSPS) is 20.6. The van der Waals surface area contributed by atoms with Crippen molar-refractivity contribution in [2.24, 2.45) is 0 Å². The summed E-state index contributed by atoms with van der Waals surface area (Å²) in [5.41, 5.74) is 7.40. The summed E-state index contributed by atoms with van der Waals surface area (Å²) in [6.07, 6.45) is 5.38. The van der Waals surface area contributed by atoms with E-state index in [1.165, 1.54) is 10.4 Å². The van der Waals surface area contributed by atoms with Gasteiger partial charge in [0.2, 0.25) is 0 Å². The molecule has 8 heteroatoms. The van der Waals surface area contributed by atoms with Gasteiger partial charge in [0.05, 0.1) is 16.7 Å². The molecule has 1 saturated carbocycles. The van der Waals surface area contributed by atoms with E-state index in [1.807, 2.05) is 6.07 Å². The molecule has 0 saturated heterocycles. The van der Waals surface area contributed by atoms with Crippen LogP contribution in [0.4, 0.5) is 11.4 Å². The van der Waals surface area contributed by atoms with Crippen LogP contribution >= 0.6 is 0 Å². The highest BCUT2D eigenvalue weighted by Crippen LogP contribution is 2.36. The number of sulfonamides is 1. The molecular weight excluding hydrogens is 364 g/mol. The van der Waals surface area contributed by atoms with Crippen LogP contribution < -0.4 is 10.0 Å². The smallest absolute Gasteiger partial charge is 0.264 e. The Morgan fingerprint density at radius 2 is 2.07 bits per heavy atom. The number of nitrogens with zero attached hydrogens (tertiary/aromatic N) is 2. The van der Waals surface area contributed by atoms with Gasteiger partial charge < -0.3 is 15.8 Å². The zero-order valence-corrected chi connectivity index (χ0v) is 15.6. The standard InChI is InChI=1S/C19H22N4O3S/c20-13-3-1-6-16(11-13)27(25,26)23(14-4-2-5-15(24)12-14)18-8-10-22-19-17(18)7-9-21-19/h1,3,6-11,14-15,24H,2,4-5,12,20H2,(H,21,22)/t14-,15-/m1/s1. The van der Waals surface area contributed by atoms with E-state index in [0.717, 1.165) is 11.8 Å². The molecule has 1 fully saturated rings. The molecule has 2 aromatic heterocycles. The first kappa shape index (κ1) is 17.8. The third-order valence-corrected chi connectivity index (χ3v) is 6.90. The maximum absolute atomic E-state index is 13.6. The highest BCUT2D eigenvalue weighted by molar-refractivity contribution is 7.92. The Morgan fingerprint density at radius 3 is 2.85 bits per heavy atom. The van der Waals surface area contributed by atoms with Crippen molar-refractivity contribution in [1.82, 2.24) is 9.97 Å². The van der Waals surface area contributed by atoms with E-state index < -0.39 is 16.1 Å². The molecule has 1 aromatic carbocycles. The fraction of sp³-hybridized carbons (Fsp3) is 0.316. The summed E-state index contributed by atoms with van der Waals surface area (Å²) in [6.45, 7) is 0. The Balaban J connectivity index is 1.90. The Labute approximate surface area is 157 Å². The predicted molar refractivity (Wildman–Crippen MR) is 105 cm³/mol. The van der Waals surface area contributed by atoms with Gasteiger partial charge in [-0.15, -0.1) is 0 Å². The second-order valence-electron chi connectivity index (χ2n) is 6.92. The monoisotopic (exact) mass is 386 g/mol. The molecule has 0 unspecified atom stereocenters. The highest BCUT2D eigenvalue weighted by atomic mass is 32.2. The number of hydrogen-bond donors (Lipinski definition) is 3. The molecule has 0 bridgehead atoms. The lowest BCUT2D eigenvalue weighted by atomic mass is 9.93. The van der Waals surface area contributed by atoms with Crippen LogP contribution in [0, 0.1) is 0 Å². The van der Waals surface area contributed by atoms with E-state index in [1.54, 1.807) is 36.7 Å². The van der Waals surface area contributed by atoms with Crippen LogP contribution in [-0.4, -0.2) is 35.6 Å². The zero-order valence-electron chi connectivity index (χ0n) is 14.7. The number of aliphatic hydroxyl groups is 1. The number of H-pyrrole nitrogens is 1. The second kappa shape index (κ2) is 6.86. The number of aromatic amines is 1. The molecule has 0 spiro atoms. The van der Waals surface area contributed by atoms with Crippen molar-refractivity contribution in [3.63, 3.8) is 0 Å². The first-order valence-electron chi connectivity index (χ1n) is 8.97. The van der Waals surface area contributed by atoms with Gasteiger partial charge in [-0.2, -0.15) is 0 Å². The molecule has 3 aromatic rings. The maximum Gasteiger partial charge on any atom is 0.264 e. The molecule has 1 aliphatic rings. The molecular formula is C19H22N4O3S. The summed E-state index contributed by atoms with van der Waals surface area (Å²) in [7, 11) is -3.87. The van der Waals surface area contributed by atoms with Crippen molar-refractivity contribution < 1.29 is 13.5 Å². The van der Waals surface area contributed by atoms with Crippen molar-refractivity contribution in [3.05, 3.63) is 48.8 Å². The first-order valence-corrected chi connectivity index (χ1v) is 10.4. The Morgan fingerprint density at radius 1 is 1.22 bits per heavy atom. The number of pyridine rings is 1. The average Bonchev–Trinajstić information content (AvgIpc) is 3.11. The van der Waals surface area contributed by atoms with Gasteiger partial charge >= 0.3 is 0 Å². The molecule has 2 heterocycles. The lowest BCUT2D eigenvalue weighted by Crippen LogP contribution is -2.44. The molecule has 4 N–H and O–H groups in total. The lowest BCUT2D eigenvalue weighted by Gasteiger charge is -2.37. The predicted octanol–water partition coefficient (Wildman–Crippen LogP) is 2.64. The summed E-state index contributed by atoms with van der Waals surface area (Å²) in [5, 5.41) is 10.9. The number of aliphatic hydroxyl groups excluding tert-OH is 1. The molecule has 142 valence electrons. The minimum Gasteiger partial charge on any atom is -0.399 e. The number of fused-ring (bicyclic) bond motifs is 1. The number of anilines is 2. The molecule has 0 radical (unpaired) electrons. The molecule has 4 rings (SSSR count). The number of nitrogens with two attached hydrogens (primary N) is 1. The molecule has 2 atom stereocenters. The van der Waals surface area contributed by atoms with E-state index >= 15 is 0 Å². The van der Waals surface area contributed by atoms with Gasteiger partial charge in [0.25, 0.3) is 10.0 Å². The zero-order chi connectivity index (χ0) is 19.0. The number of aromatic nitrogens is 2. The highest BCUT2D eigenvalue weighted by Gasteiger charge is 2.36. The quantitative estimate of drug-likeness (QED) is 0.597. The van der Waals surface area contributed by atoms with Crippen LogP contribution in [0.3, 0.4) is 0 Å². The van der Waals surface area contributed by atoms with Crippen molar-refractivity contribution in [1.29, 1.82) is 0 Å². The van der Waals surface area contributed by atoms with Crippen LogP contribution in [0.1, 0.15) is 25.7 Å². The summed E-state index contributed by atoms with van der Waals surface area (Å²) >= 11 is 0. The van der Waals surface area contributed by atoms with E-state index in [4.69, 9.17) is 5.73 Å². The first-order chi connectivity index (χ1) is 13.0. The fourth-order valence-corrected chi connectivity index (χ4v) is 5.57. The lowest BCUT2D eigenvalue weighted by molar-refractivity contribution is 0.121. The van der Waals surface area contributed by atoms with E-state index in [-0.39, 0.29) is 10.9 Å². The van der Waals surface area contributed by atoms with Gasteiger partial charge in [-0.25, -0.2) is 13.4 Å². The summed E-state index contributed by atoms with van der Waals surface area (Å²) in [6, 6.07) is 9.50. The van der Waals surface area contributed by atoms with Gasteiger partial charge in [-0.1, -0.05) is 6.07 Å². The average molecular weight is 386 g/mol. The Hall–Kier alpha value is -2.58. The number of hydrogen-bond acceptors (Lipinski definition) is 5. The molecule has 1 aliphatic carbocycles. The van der Waals surface area contributed by atoms with Gasteiger partial charge in [0, 0.05) is 29.5 Å². The van der Waals surface area contributed by atoms with Gasteiger partial charge in [-0.3, -0.25) is 4.31 Å². The van der Waals surface area contributed by atoms with Crippen LogP contribution in [0.5, 0.6) is 0 Å². The van der Waals surface area contributed by atoms with Crippen LogP contribution in [0.15, 0.2) is 53.7 Å². The summed E-state index contributed by atoms with van der Waals surface area (Å²) in [5.74, 6) is 0. The van der Waals surface area contributed by atoms with E-state index in [2.05, 4.69) is 9.97 Å². The molecule has 0 amide bonds. The second-order valence-corrected chi connectivity index (χ2v) is 8.73. The maximum atomic E-state index is 13.6. The molecule has 0 aliphatic heterocycles. The molecule has 27 heavy (non-hydrogen) atoms. The largest absolute Gasteiger partial charge is 0.399 e. The minimum atomic E-state index is -3.87. The van der Waals surface area contributed by atoms with Crippen molar-refractivity contribution in [2.75, 3.05) is 10.0 Å². The van der Waals surface area contributed by atoms with E-state index in [9.17, 15) is 13.5 Å². The molecule has 7 nitrogen and oxygen atoms in total. The summed E-state index contributed by atoms with van der Waals surface area (Å²) < 4.78 is 28.7. The number of benzene rings is 1. The van der Waals surface area contributed by atoms with Gasteiger partial charge in [-0.05, 0) is 56.0 Å². The van der Waals surface area contributed by atoms with Gasteiger partial charge in [0.15, 0.2) is 0 Å². The van der Waals surface area contributed by atoms with Crippen molar-refractivity contribution in [3.8, 4) is 0 Å². The third kappa shape index (κ3) is 3.26. The fourth-order valence-electron chi connectivity index (χ4n) is 3.80. The topological polar surface area (TPSA) is 112 Å². The number of rotatable bonds is 4. The third-order valence-electron chi connectivity index (χ3n) is 5.04. The Bertz CT molecular complexity index is 1060. The van der Waals surface area contributed by atoms with Gasteiger partial charge in [0.1, 0.15) is 5.65 Å². The number of nitrogens with one attached hydrogen (secondary N) is 1. The van der Waals surface area contributed by atoms with Crippen LogP contribution in [0.2, 0.25) is 0 Å². The number of nitrogen functional groups attached to an aromatic ring is 1. The van der Waals surface area contributed by atoms with E-state index in [0.29, 0.717) is 36.3 Å². The van der Waals surface area contributed by atoms with Crippen LogP contribution in [-0.2, 0) is 10.0 Å². The summed E-state index contributed by atoms with van der Waals surface area (Å²) in [4.78, 5) is 7.43. The van der Waals surface area contributed by atoms with Crippen LogP contribution in [0.25, 0.3) is 11.0 Å². The SMILES string of the molecule is Nc1cccc(S(=O)(=O)N(c2ccnc3[nH]ccc23)[C@@H]2CCC[C@@H](O)C2)c1. The minimum absolute atomic E-state index is 0.142. The Kier molecular flexibility index (Phi) is 4.53. The van der Waals surface area contributed by atoms with Crippen molar-refractivity contribution in [2.45, 2.75) is 42.7 Å². The van der Waals surface area contributed by atoms with Crippen molar-refractivity contribution >= 4 is 32.4 Å².